The van der Waals surface area contributed by atoms with Gasteiger partial charge in [0.15, 0.2) is 0 Å². The zero-order chi connectivity index (χ0) is 13.9. The van der Waals surface area contributed by atoms with Crippen molar-refractivity contribution in [2.45, 2.75) is 12.5 Å². The van der Waals surface area contributed by atoms with Crippen molar-refractivity contribution < 1.29 is 9.50 Å². The van der Waals surface area contributed by atoms with E-state index in [0.717, 1.165) is 5.56 Å². The molecule has 0 saturated heterocycles. The smallest absolute Gasteiger partial charge is 0.141 e. The molecule has 1 unspecified atom stereocenters. The lowest BCUT2D eigenvalue weighted by Crippen LogP contribution is -2.30. The first-order valence-corrected chi connectivity index (χ1v) is 6.34. The Balaban J connectivity index is 2.07. The van der Waals surface area contributed by atoms with Gasteiger partial charge in [0.25, 0.3) is 0 Å². The molecule has 0 aliphatic carbocycles. The summed E-state index contributed by atoms with van der Waals surface area (Å²) in [4.78, 5) is 0. The molecule has 0 aromatic heterocycles. The molecule has 0 radical (unpaired) electrons. The number of rotatable bonds is 4. The van der Waals surface area contributed by atoms with Gasteiger partial charge in [-0.15, -0.1) is 0 Å². The maximum Gasteiger partial charge on any atom is 0.141 e. The maximum absolute atomic E-state index is 13.0. The lowest BCUT2D eigenvalue weighted by atomic mass is 9.96. The fraction of sp³-hybridized carbons (Fsp3) is 0.200. The van der Waals surface area contributed by atoms with Crippen molar-refractivity contribution in [2.75, 3.05) is 11.9 Å². The van der Waals surface area contributed by atoms with Gasteiger partial charge in [-0.05, 0) is 30.7 Å². The van der Waals surface area contributed by atoms with Gasteiger partial charge in [-0.1, -0.05) is 41.9 Å². The largest absolute Gasteiger partial charge is 0.384 e. The monoisotopic (exact) mass is 279 g/mol. The summed E-state index contributed by atoms with van der Waals surface area (Å²) in [5, 5.41) is 13.5. The summed E-state index contributed by atoms with van der Waals surface area (Å²) in [6.45, 7) is 2.03. The molecule has 0 heterocycles. The van der Waals surface area contributed by atoms with Gasteiger partial charge in [-0.2, -0.15) is 0 Å². The summed E-state index contributed by atoms with van der Waals surface area (Å²) in [6.07, 6.45) is 0. The molecular weight excluding hydrogens is 265 g/mol. The quantitative estimate of drug-likeness (QED) is 0.892. The Morgan fingerprint density at radius 1 is 1.21 bits per heavy atom. The Hall–Kier alpha value is -1.58. The van der Waals surface area contributed by atoms with Crippen LogP contribution in [0.25, 0.3) is 0 Å². The minimum atomic E-state index is -1.01. The average Bonchev–Trinajstić information content (AvgIpc) is 2.41. The standard InChI is InChI=1S/C15H15ClFNO/c1-15(19,11-5-3-2-4-6-11)10-18-12-7-8-14(17)13(16)9-12/h2-9,18-19H,10H2,1H3. The minimum Gasteiger partial charge on any atom is -0.384 e. The summed E-state index contributed by atoms with van der Waals surface area (Å²) in [7, 11) is 0. The van der Waals surface area contributed by atoms with Crippen LogP contribution in [0.1, 0.15) is 12.5 Å². The second-order valence-electron chi connectivity index (χ2n) is 4.62. The van der Waals surface area contributed by atoms with Gasteiger partial charge in [0.05, 0.1) is 5.02 Å². The molecule has 0 saturated carbocycles. The highest BCUT2D eigenvalue weighted by Gasteiger charge is 2.22. The first-order valence-electron chi connectivity index (χ1n) is 5.96. The molecule has 1 atom stereocenters. The second kappa shape index (κ2) is 5.59. The van der Waals surface area contributed by atoms with Crippen molar-refractivity contribution in [1.82, 2.24) is 0 Å². The molecule has 19 heavy (non-hydrogen) atoms. The topological polar surface area (TPSA) is 32.3 Å². The molecule has 0 bridgehead atoms. The summed E-state index contributed by atoms with van der Waals surface area (Å²) in [5.41, 5.74) is 0.473. The fourth-order valence-electron chi connectivity index (χ4n) is 1.78. The third-order valence-electron chi connectivity index (χ3n) is 2.95. The van der Waals surface area contributed by atoms with E-state index in [0.29, 0.717) is 12.2 Å². The number of anilines is 1. The van der Waals surface area contributed by atoms with Crippen molar-refractivity contribution >= 4 is 17.3 Å². The molecule has 0 aliphatic rings. The van der Waals surface area contributed by atoms with E-state index < -0.39 is 11.4 Å². The zero-order valence-corrected chi connectivity index (χ0v) is 11.3. The first kappa shape index (κ1) is 13.8. The molecule has 2 nitrogen and oxygen atoms in total. The molecule has 0 amide bonds. The number of benzene rings is 2. The summed E-state index contributed by atoms with van der Waals surface area (Å²) in [5.74, 6) is -0.456. The van der Waals surface area contributed by atoms with E-state index in [4.69, 9.17) is 11.6 Å². The number of halogens is 2. The number of hydrogen-bond donors (Lipinski definition) is 2. The van der Waals surface area contributed by atoms with Crippen LogP contribution in [0.3, 0.4) is 0 Å². The molecule has 2 aromatic rings. The Morgan fingerprint density at radius 2 is 1.89 bits per heavy atom. The Bertz CT molecular complexity index is 557. The summed E-state index contributed by atoms with van der Waals surface area (Å²) in [6, 6.07) is 13.7. The molecule has 0 aliphatic heterocycles. The van der Waals surface area contributed by atoms with Gasteiger partial charge < -0.3 is 10.4 Å². The molecule has 0 spiro atoms. The number of nitrogens with one attached hydrogen (secondary N) is 1. The maximum atomic E-state index is 13.0. The summed E-state index contributed by atoms with van der Waals surface area (Å²) >= 11 is 5.70. The lowest BCUT2D eigenvalue weighted by molar-refractivity contribution is 0.0715. The third kappa shape index (κ3) is 3.46. The van der Waals surface area contributed by atoms with E-state index in [1.165, 1.54) is 12.1 Å². The highest BCUT2D eigenvalue weighted by atomic mass is 35.5. The van der Waals surface area contributed by atoms with E-state index in [1.807, 2.05) is 30.3 Å². The van der Waals surface area contributed by atoms with Crippen LogP contribution in [-0.4, -0.2) is 11.7 Å². The van der Waals surface area contributed by atoms with Crippen LogP contribution < -0.4 is 5.32 Å². The average molecular weight is 280 g/mol. The highest BCUT2D eigenvalue weighted by molar-refractivity contribution is 6.31. The number of hydrogen-bond acceptors (Lipinski definition) is 2. The molecule has 4 heteroatoms. The van der Waals surface area contributed by atoms with E-state index in [-0.39, 0.29) is 5.02 Å². The van der Waals surface area contributed by atoms with Gasteiger partial charge in [0.1, 0.15) is 11.4 Å². The molecule has 0 fully saturated rings. The summed E-state index contributed by atoms with van der Waals surface area (Å²) < 4.78 is 13.0. The number of aliphatic hydroxyl groups is 1. The van der Waals surface area contributed by atoms with Crippen LogP contribution in [0, 0.1) is 5.82 Å². The minimum absolute atomic E-state index is 0.0596. The Labute approximate surface area is 116 Å². The lowest BCUT2D eigenvalue weighted by Gasteiger charge is -2.24. The molecule has 2 aromatic carbocycles. The predicted octanol–water partition coefficient (Wildman–Crippen LogP) is 3.80. The van der Waals surface area contributed by atoms with Gasteiger partial charge in [-0.25, -0.2) is 4.39 Å². The van der Waals surface area contributed by atoms with Gasteiger partial charge in [0.2, 0.25) is 0 Å². The zero-order valence-electron chi connectivity index (χ0n) is 10.5. The van der Waals surface area contributed by atoms with Crippen LogP contribution in [0.4, 0.5) is 10.1 Å². The molecular formula is C15H15ClFNO. The van der Waals surface area contributed by atoms with Crippen molar-refractivity contribution in [2.24, 2.45) is 0 Å². The normalized spacial score (nSPS) is 13.9. The van der Waals surface area contributed by atoms with Crippen LogP contribution in [0.5, 0.6) is 0 Å². The van der Waals surface area contributed by atoms with E-state index >= 15 is 0 Å². The SMILES string of the molecule is CC(O)(CNc1ccc(F)c(Cl)c1)c1ccccc1. The molecule has 100 valence electrons. The predicted molar refractivity (Wildman–Crippen MR) is 75.9 cm³/mol. The van der Waals surface area contributed by atoms with Gasteiger partial charge in [-0.3, -0.25) is 0 Å². The third-order valence-corrected chi connectivity index (χ3v) is 3.24. The van der Waals surface area contributed by atoms with Crippen molar-refractivity contribution in [3.63, 3.8) is 0 Å². The van der Waals surface area contributed by atoms with E-state index in [2.05, 4.69) is 5.32 Å². The molecule has 2 rings (SSSR count). The van der Waals surface area contributed by atoms with Crippen LogP contribution in [0.15, 0.2) is 48.5 Å². The van der Waals surface area contributed by atoms with Crippen LogP contribution in [0.2, 0.25) is 5.02 Å². The fourth-order valence-corrected chi connectivity index (χ4v) is 1.96. The highest BCUT2D eigenvalue weighted by Crippen LogP contribution is 2.23. The van der Waals surface area contributed by atoms with Crippen LogP contribution >= 0.6 is 11.6 Å². The first-order chi connectivity index (χ1) is 8.99. The Morgan fingerprint density at radius 3 is 2.53 bits per heavy atom. The van der Waals surface area contributed by atoms with Gasteiger partial charge >= 0.3 is 0 Å². The van der Waals surface area contributed by atoms with Crippen molar-refractivity contribution in [3.8, 4) is 0 Å². The van der Waals surface area contributed by atoms with Gasteiger partial charge in [0, 0.05) is 12.2 Å². The van der Waals surface area contributed by atoms with E-state index in [9.17, 15) is 9.50 Å². The molecule has 2 N–H and O–H groups in total. The Kier molecular flexibility index (Phi) is 4.08. The van der Waals surface area contributed by atoms with Crippen LogP contribution in [-0.2, 0) is 5.60 Å². The van der Waals surface area contributed by atoms with E-state index in [1.54, 1.807) is 13.0 Å². The second-order valence-corrected chi connectivity index (χ2v) is 5.03. The van der Waals surface area contributed by atoms with Crippen molar-refractivity contribution in [3.05, 3.63) is 64.9 Å². The van der Waals surface area contributed by atoms with Crippen molar-refractivity contribution in [1.29, 1.82) is 0 Å².